The lowest BCUT2D eigenvalue weighted by Gasteiger charge is -2.37. The van der Waals surface area contributed by atoms with Crippen LogP contribution in [0.2, 0.25) is 0 Å². The number of hydrogen-bond acceptors (Lipinski definition) is 4. The molecule has 0 bridgehead atoms. The maximum atomic E-state index is 14.6. The predicted molar refractivity (Wildman–Crippen MR) is 98.8 cm³/mol. The van der Waals surface area contributed by atoms with E-state index in [4.69, 9.17) is 5.73 Å². The van der Waals surface area contributed by atoms with Gasteiger partial charge in [-0.1, -0.05) is 6.07 Å². The van der Waals surface area contributed by atoms with Gasteiger partial charge in [0.2, 0.25) is 0 Å². The fourth-order valence-corrected chi connectivity index (χ4v) is 3.18. The lowest BCUT2D eigenvalue weighted by atomic mass is 9.84. The number of ether oxygens (including phenoxy) is 1. The van der Waals surface area contributed by atoms with Crippen molar-refractivity contribution in [2.45, 2.75) is 18.4 Å². The zero-order chi connectivity index (χ0) is 20.8. The third-order valence-corrected chi connectivity index (χ3v) is 4.95. The number of amidine groups is 1. The van der Waals surface area contributed by atoms with Crippen molar-refractivity contribution in [3.8, 4) is 16.8 Å². The zero-order valence-corrected chi connectivity index (χ0v) is 15.2. The van der Waals surface area contributed by atoms with E-state index in [0.717, 1.165) is 13.0 Å². The molecule has 0 amide bonds. The first-order valence-corrected chi connectivity index (χ1v) is 8.66. The second kappa shape index (κ2) is 6.61. The number of halogens is 4. The highest BCUT2D eigenvalue weighted by molar-refractivity contribution is 5.73. The number of nitrogens with zero attached hydrogens (tertiary/aromatic N) is 3. The Morgan fingerprint density at radius 3 is 2.52 bits per heavy atom. The molecule has 0 saturated carbocycles. The van der Waals surface area contributed by atoms with Gasteiger partial charge in [-0.15, -0.1) is 0 Å². The van der Waals surface area contributed by atoms with E-state index in [2.05, 4.69) is 14.8 Å². The van der Waals surface area contributed by atoms with E-state index < -0.39 is 29.9 Å². The van der Waals surface area contributed by atoms with Gasteiger partial charge in [0.1, 0.15) is 11.6 Å². The Hall–Kier alpha value is -3.36. The minimum Gasteiger partial charge on any atom is -0.459 e. The molecule has 150 valence electrons. The van der Waals surface area contributed by atoms with Crippen LogP contribution in [0.5, 0.6) is 0 Å². The molecular formula is C20H16F4N4O. The van der Waals surface area contributed by atoms with Gasteiger partial charge in [-0.25, -0.2) is 18.5 Å². The molecule has 0 fully saturated rings. The van der Waals surface area contributed by atoms with Gasteiger partial charge in [0.15, 0.2) is 12.1 Å². The van der Waals surface area contributed by atoms with Crippen molar-refractivity contribution in [3.63, 3.8) is 0 Å². The van der Waals surface area contributed by atoms with Crippen molar-refractivity contribution >= 4 is 6.02 Å². The summed E-state index contributed by atoms with van der Waals surface area (Å²) in [6.07, 6.45) is 3.13. The Balaban J connectivity index is 1.77. The fraction of sp³-hybridized carbons (Fsp3) is 0.200. The van der Waals surface area contributed by atoms with Gasteiger partial charge in [0, 0.05) is 17.3 Å². The second-order valence-electron chi connectivity index (χ2n) is 6.86. The molecule has 2 N–H and O–H groups in total. The first-order chi connectivity index (χ1) is 13.7. The van der Waals surface area contributed by atoms with Gasteiger partial charge in [0.25, 0.3) is 6.02 Å². The van der Waals surface area contributed by atoms with Crippen molar-refractivity contribution < 1.29 is 22.3 Å². The van der Waals surface area contributed by atoms with E-state index in [1.54, 1.807) is 18.3 Å². The van der Waals surface area contributed by atoms with Crippen molar-refractivity contribution in [1.29, 1.82) is 0 Å². The molecule has 1 aliphatic rings. The van der Waals surface area contributed by atoms with Crippen LogP contribution in [0.1, 0.15) is 12.5 Å². The highest BCUT2D eigenvalue weighted by atomic mass is 19.3. The second-order valence-corrected chi connectivity index (χ2v) is 6.86. The number of hydrogen-bond donors (Lipinski definition) is 1. The molecule has 2 aromatic carbocycles. The first kappa shape index (κ1) is 19.0. The van der Waals surface area contributed by atoms with E-state index in [1.807, 2.05) is 0 Å². The van der Waals surface area contributed by atoms with Crippen LogP contribution in [0.4, 0.5) is 17.6 Å². The quantitative estimate of drug-likeness (QED) is 0.671. The van der Waals surface area contributed by atoms with Gasteiger partial charge in [-0.05, 0) is 48.9 Å². The predicted octanol–water partition coefficient (Wildman–Crippen LogP) is 4.01. The summed E-state index contributed by atoms with van der Waals surface area (Å²) in [5.41, 5.74) is 4.59. The minimum absolute atomic E-state index is 0.305. The molecule has 0 unspecified atom stereocenters. The maximum Gasteiger partial charge on any atom is 0.310 e. The molecule has 0 spiro atoms. The molecule has 1 atom stereocenters. The average Bonchev–Trinajstić information content (AvgIpc) is 3.16. The van der Waals surface area contributed by atoms with Gasteiger partial charge in [0.05, 0.1) is 11.9 Å². The van der Waals surface area contributed by atoms with Crippen LogP contribution < -0.4 is 5.73 Å². The third kappa shape index (κ3) is 3.22. The molecule has 1 aromatic heterocycles. The van der Waals surface area contributed by atoms with Crippen molar-refractivity contribution in [3.05, 3.63) is 72.1 Å². The van der Waals surface area contributed by atoms with Crippen LogP contribution in [0.3, 0.4) is 0 Å². The largest absolute Gasteiger partial charge is 0.459 e. The summed E-state index contributed by atoms with van der Waals surface area (Å²) in [6.45, 7) is 0.123. The van der Waals surface area contributed by atoms with Crippen LogP contribution in [0, 0.1) is 11.6 Å². The SMILES string of the molecule is C[C@]1(c2cc(-c3cnn(-c4ccc(F)cc4)c3)ccc2F)N=C(N)OCC1(F)F. The number of alkyl halides is 2. The Kier molecular flexibility index (Phi) is 4.33. The number of benzene rings is 2. The monoisotopic (exact) mass is 404 g/mol. The standard InChI is InChI=1S/C20H16F4N4O/c1-19(20(23,24)11-29-18(25)27-19)16-8-12(2-7-17(16)22)13-9-26-28(10-13)15-5-3-14(21)4-6-15/h2-10H,11H2,1H3,(H2,25,27)/t19-/m1/s1. The van der Waals surface area contributed by atoms with Crippen LogP contribution in [0.15, 0.2) is 59.9 Å². The van der Waals surface area contributed by atoms with Crippen LogP contribution >= 0.6 is 0 Å². The van der Waals surface area contributed by atoms with Gasteiger partial charge < -0.3 is 10.5 Å². The lowest BCUT2D eigenvalue weighted by molar-refractivity contribution is -0.117. The molecule has 4 rings (SSSR count). The van der Waals surface area contributed by atoms with E-state index >= 15 is 0 Å². The van der Waals surface area contributed by atoms with E-state index in [1.165, 1.54) is 35.1 Å². The lowest BCUT2D eigenvalue weighted by Crippen LogP contribution is -2.51. The van der Waals surface area contributed by atoms with Crippen molar-refractivity contribution in [2.75, 3.05) is 6.61 Å². The number of aliphatic imine (C=N–C) groups is 1. The molecular weight excluding hydrogens is 388 g/mol. The molecule has 29 heavy (non-hydrogen) atoms. The highest BCUT2D eigenvalue weighted by Gasteiger charge is 2.56. The molecule has 9 heteroatoms. The topological polar surface area (TPSA) is 65.4 Å². The van der Waals surface area contributed by atoms with E-state index in [0.29, 0.717) is 16.8 Å². The molecule has 3 aromatic rings. The summed E-state index contributed by atoms with van der Waals surface area (Å²) in [5, 5.41) is 4.20. The minimum atomic E-state index is -3.46. The normalized spacial score (nSPS) is 20.8. The Morgan fingerprint density at radius 1 is 1.07 bits per heavy atom. The van der Waals surface area contributed by atoms with E-state index in [-0.39, 0.29) is 11.4 Å². The molecule has 0 aliphatic carbocycles. The number of nitrogens with two attached hydrogens (primary N) is 1. The molecule has 0 radical (unpaired) electrons. The summed E-state index contributed by atoms with van der Waals surface area (Å²) < 4.78 is 63.0. The van der Waals surface area contributed by atoms with Crippen molar-refractivity contribution in [2.24, 2.45) is 10.7 Å². The van der Waals surface area contributed by atoms with Gasteiger partial charge >= 0.3 is 5.92 Å². The number of rotatable bonds is 3. The summed E-state index contributed by atoms with van der Waals surface area (Å²) >= 11 is 0. The third-order valence-electron chi connectivity index (χ3n) is 4.95. The molecule has 0 saturated heterocycles. The van der Waals surface area contributed by atoms with E-state index in [9.17, 15) is 17.6 Å². The molecule has 5 nitrogen and oxygen atoms in total. The first-order valence-electron chi connectivity index (χ1n) is 8.66. The molecule has 1 aliphatic heterocycles. The summed E-state index contributed by atoms with van der Waals surface area (Å²) in [5.74, 6) is -4.68. The summed E-state index contributed by atoms with van der Waals surface area (Å²) in [7, 11) is 0. The van der Waals surface area contributed by atoms with Crippen LogP contribution in [0.25, 0.3) is 16.8 Å². The smallest absolute Gasteiger partial charge is 0.310 e. The van der Waals surface area contributed by atoms with Gasteiger partial charge in [-0.2, -0.15) is 13.9 Å². The Labute approximate surface area is 163 Å². The Bertz CT molecular complexity index is 1090. The van der Waals surface area contributed by atoms with Crippen LogP contribution in [-0.4, -0.2) is 28.3 Å². The number of aromatic nitrogens is 2. The zero-order valence-electron chi connectivity index (χ0n) is 15.2. The average molecular weight is 404 g/mol. The summed E-state index contributed by atoms with van der Waals surface area (Å²) in [6, 6.07) is 9.12. The maximum absolute atomic E-state index is 14.6. The van der Waals surface area contributed by atoms with Crippen LogP contribution in [-0.2, 0) is 10.3 Å². The Morgan fingerprint density at radius 2 is 1.79 bits per heavy atom. The fourth-order valence-electron chi connectivity index (χ4n) is 3.18. The summed E-state index contributed by atoms with van der Waals surface area (Å²) in [4.78, 5) is 3.72. The van der Waals surface area contributed by atoms with Crippen molar-refractivity contribution in [1.82, 2.24) is 9.78 Å². The molecule has 2 heterocycles. The highest BCUT2D eigenvalue weighted by Crippen LogP contribution is 2.45. The van der Waals surface area contributed by atoms with Gasteiger partial charge in [-0.3, -0.25) is 0 Å².